The van der Waals surface area contributed by atoms with Gasteiger partial charge in [-0.2, -0.15) is 0 Å². The predicted molar refractivity (Wildman–Crippen MR) is 66.9 cm³/mol. The summed E-state index contributed by atoms with van der Waals surface area (Å²) in [6, 6.07) is 7.73. The Balaban J connectivity index is 1.85. The molecule has 0 saturated carbocycles. The van der Waals surface area contributed by atoms with Gasteiger partial charge < -0.3 is 10.4 Å². The number of benzene rings is 1. The Labute approximate surface area is 101 Å². The maximum atomic E-state index is 11.8. The molecule has 17 heavy (non-hydrogen) atoms. The van der Waals surface area contributed by atoms with Crippen molar-refractivity contribution in [2.75, 3.05) is 25.0 Å². The summed E-state index contributed by atoms with van der Waals surface area (Å²) >= 11 is 0. The Morgan fingerprint density at radius 1 is 1.59 bits per heavy atom. The Morgan fingerprint density at radius 3 is 3.06 bits per heavy atom. The molecule has 0 spiro atoms. The zero-order chi connectivity index (χ0) is 12.3. The number of rotatable bonds is 3. The van der Waals surface area contributed by atoms with E-state index in [0.29, 0.717) is 13.1 Å². The number of carbonyl (C=O) groups is 1. The highest BCUT2D eigenvalue weighted by molar-refractivity contribution is 5.92. The molecular formula is C13H18N2O2. The first-order valence-electron chi connectivity index (χ1n) is 5.90. The summed E-state index contributed by atoms with van der Waals surface area (Å²) in [5.41, 5.74) is 1.95. The smallest absolute Gasteiger partial charge is 0.238 e. The molecule has 1 aliphatic heterocycles. The van der Waals surface area contributed by atoms with E-state index >= 15 is 0 Å². The van der Waals surface area contributed by atoms with Crippen LogP contribution in [0.4, 0.5) is 5.69 Å². The Morgan fingerprint density at radius 2 is 2.41 bits per heavy atom. The number of likely N-dealkylation sites (tertiary alicyclic amines) is 1. The number of β-amino-alcohol motifs (C(OH)–C–C–N with tert-alkyl or cyclic N) is 1. The number of hydrogen-bond donors (Lipinski definition) is 2. The maximum Gasteiger partial charge on any atom is 0.238 e. The number of hydrogen-bond acceptors (Lipinski definition) is 3. The molecule has 4 heteroatoms. The van der Waals surface area contributed by atoms with Gasteiger partial charge in [0.25, 0.3) is 0 Å². The van der Waals surface area contributed by atoms with Gasteiger partial charge in [-0.15, -0.1) is 0 Å². The number of carbonyl (C=O) groups excluding carboxylic acids is 1. The first-order valence-corrected chi connectivity index (χ1v) is 5.90. The first kappa shape index (κ1) is 12.1. The molecule has 0 aliphatic carbocycles. The van der Waals surface area contributed by atoms with Crippen LogP contribution in [0.15, 0.2) is 24.3 Å². The molecule has 92 valence electrons. The zero-order valence-corrected chi connectivity index (χ0v) is 10.0. The maximum absolute atomic E-state index is 11.8. The van der Waals surface area contributed by atoms with Crippen LogP contribution < -0.4 is 5.32 Å². The van der Waals surface area contributed by atoms with E-state index in [1.54, 1.807) is 0 Å². The molecule has 4 nitrogen and oxygen atoms in total. The van der Waals surface area contributed by atoms with Crippen molar-refractivity contribution in [1.82, 2.24) is 4.90 Å². The van der Waals surface area contributed by atoms with Gasteiger partial charge in [0.2, 0.25) is 5.91 Å². The van der Waals surface area contributed by atoms with Crippen molar-refractivity contribution < 1.29 is 9.90 Å². The highest BCUT2D eigenvalue weighted by Gasteiger charge is 2.21. The lowest BCUT2D eigenvalue weighted by Crippen LogP contribution is -2.32. The highest BCUT2D eigenvalue weighted by Crippen LogP contribution is 2.11. The van der Waals surface area contributed by atoms with Crippen LogP contribution in [0, 0.1) is 6.92 Å². The van der Waals surface area contributed by atoms with Gasteiger partial charge in [0.05, 0.1) is 12.6 Å². The van der Waals surface area contributed by atoms with Gasteiger partial charge in [-0.1, -0.05) is 12.1 Å². The molecule has 1 amide bonds. The molecule has 1 atom stereocenters. The fraction of sp³-hybridized carbons (Fsp3) is 0.462. The summed E-state index contributed by atoms with van der Waals surface area (Å²) in [7, 11) is 0. The lowest BCUT2D eigenvalue weighted by atomic mass is 10.2. The van der Waals surface area contributed by atoms with Crippen molar-refractivity contribution in [1.29, 1.82) is 0 Å². The molecule has 2 rings (SSSR count). The van der Waals surface area contributed by atoms with Gasteiger partial charge in [-0.25, -0.2) is 0 Å². The van der Waals surface area contributed by atoms with E-state index < -0.39 is 0 Å². The SMILES string of the molecule is Cc1cccc(NC(=O)CN2CCC(O)C2)c1. The lowest BCUT2D eigenvalue weighted by Gasteiger charge is -2.14. The second kappa shape index (κ2) is 5.29. The van der Waals surface area contributed by atoms with Crippen molar-refractivity contribution in [2.45, 2.75) is 19.4 Å². The van der Waals surface area contributed by atoms with Gasteiger partial charge in [0.1, 0.15) is 0 Å². The van der Waals surface area contributed by atoms with Crippen LogP contribution in [0.1, 0.15) is 12.0 Å². The molecule has 1 saturated heterocycles. The molecule has 1 aliphatic rings. The summed E-state index contributed by atoms with van der Waals surface area (Å²) in [5.74, 6) is -0.0234. The third kappa shape index (κ3) is 3.54. The van der Waals surface area contributed by atoms with Crippen LogP contribution in [0.2, 0.25) is 0 Å². The molecular weight excluding hydrogens is 216 g/mol. The largest absolute Gasteiger partial charge is 0.392 e. The molecule has 1 fully saturated rings. The standard InChI is InChI=1S/C13H18N2O2/c1-10-3-2-4-11(7-10)14-13(17)9-15-6-5-12(16)8-15/h2-4,7,12,16H,5-6,8-9H2,1H3,(H,14,17). The minimum Gasteiger partial charge on any atom is -0.392 e. The number of aliphatic hydroxyl groups excluding tert-OH is 1. The van der Waals surface area contributed by atoms with Crippen LogP contribution in [0.3, 0.4) is 0 Å². The molecule has 1 aromatic rings. The molecule has 0 bridgehead atoms. The summed E-state index contributed by atoms with van der Waals surface area (Å²) in [6.07, 6.45) is 0.485. The fourth-order valence-corrected chi connectivity index (χ4v) is 2.08. The molecule has 1 heterocycles. The number of nitrogens with zero attached hydrogens (tertiary/aromatic N) is 1. The first-order chi connectivity index (χ1) is 8.13. The quantitative estimate of drug-likeness (QED) is 0.820. The Kier molecular flexibility index (Phi) is 3.76. The van der Waals surface area contributed by atoms with Crippen LogP contribution in [0.5, 0.6) is 0 Å². The van der Waals surface area contributed by atoms with Crippen molar-refractivity contribution in [3.63, 3.8) is 0 Å². The number of amides is 1. The van der Waals surface area contributed by atoms with Crippen molar-refractivity contribution in [3.8, 4) is 0 Å². The van der Waals surface area contributed by atoms with Crippen LogP contribution in [-0.2, 0) is 4.79 Å². The Hall–Kier alpha value is -1.39. The van der Waals surface area contributed by atoms with E-state index in [-0.39, 0.29) is 12.0 Å². The highest BCUT2D eigenvalue weighted by atomic mass is 16.3. The zero-order valence-electron chi connectivity index (χ0n) is 10.0. The second-order valence-corrected chi connectivity index (χ2v) is 4.60. The third-order valence-electron chi connectivity index (χ3n) is 2.92. The summed E-state index contributed by atoms with van der Waals surface area (Å²) in [5, 5.41) is 12.2. The lowest BCUT2D eigenvalue weighted by molar-refractivity contribution is -0.117. The van der Waals surface area contributed by atoms with E-state index in [2.05, 4.69) is 5.32 Å². The van der Waals surface area contributed by atoms with E-state index in [9.17, 15) is 9.90 Å². The normalized spacial score (nSPS) is 20.5. The number of anilines is 1. The molecule has 0 aromatic heterocycles. The van der Waals surface area contributed by atoms with Gasteiger partial charge in [-0.3, -0.25) is 9.69 Å². The molecule has 0 radical (unpaired) electrons. The number of aliphatic hydroxyl groups is 1. The average Bonchev–Trinajstić information content (AvgIpc) is 2.63. The Bertz CT molecular complexity index is 406. The van der Waals surface area contributed by atoms with E-state index in [4.69, 9.17) is 0 Å². The van der Waals surface area contributed by atoms with E-state index in [1.165, 1.54) is 0 Å². The minimum atomic E-state index is -0.276. The monoisotopic (exact) mass is 234 g/mol. The van der Waals surface area contributed by atoms with Crippen LogP contribution in [0.25, 0.3) is 0 Å². The number of aryl methyl sites for hydroxylation is 1. The van der Waals surface area contributed by atoms with Crippen LogP contribution >= 0.6 is 0 Å². The van der Waals surface area contributed by atoms with Crippen molar-refractivity contribution in [3.05, 3.63) is 29.8 Å². The topological polar surface area (TPSA) is 52.6 Å². The molecule has 2 N–H and O–H groups in total. The summed E-state index contributed by atoms with van der Waals surface area (Å²) < 4.78 is 0. The molecule has 1 aromatic carbocycles. The second-order valence-electron chi connectivity index (χ2n) is 4.60. The summed E-state index contributed by atoms with van der Waals surface area (Å²) in [6.45, 7) is 3.74. The minimum absolute atomic E-state index is 0.0234. The van der Waals surface area contributed by atoms with E-state index in [0.717, 1.165) is 24.2 Å². The summed E-state index contributed by atoms with van der Waals surface area (Å²) in [4.78, 5) is 13.7. The van der Waals surface area contributed by atoms with Crippen molar-refractivity contribution in [2.24, 2.45) is 0 Å². The van der Waals surface area contributed by atoms with Crippen LogP contribution in [-0.4, -0.2) is 41.7 Å². The predicted octanol–water partition coefficient (Wildman–Crippen LogP) is 1.00. The van der Waals surface area contributed by atoms with Gasteiger partial charge in [0, 0.05) is 18.8 Å². The fourth-order valence-electron chi connectivity index (χ4n) is 2.08. The number of nitrogens with one attached hydrogen (secondary N) is 1. The van der Waals surface area contributed by atoms with E-state index in [1.807, 2.05) is 36.1 Å². The molecule has 1 unspecified atom stereocenters. The van der Waals surface area contributed by atoms with Gasteiger partial charge >= 0.3 is 0 Å². The van der Waals surface area contributed by atoms with Crippen molar-refractivity contribution >= 4 is 11.6 Å². The third-order valence-corrected chi connectivity index (χ3v) is 2.92. The van der Waals surface area contributed by atoms with Gasteiger partial charge in [0.15, 0.2) is 0 Å². The van der Waals surface area contributed by atoms with Gasteiger partial charge in [-0.05, 0) is 31.0 Å². The average molecular weight is 234 g/mol.